The van der Waals surface area contributed by atoms with Gasteiger partial charge < -0.3 is 9.84 Å². The van der Waals surface area contributed by atoms with E-state index in [0.29, 0.717) is 18.4 Å². The van der Waals surface area contributed by atoms with E-state index in [-0.39, 0.29) is 17.9 Å². The van der Waals surface area contributed by atoms with Crippen LogP contribution in [0.4, 0.5) is 4.39 Å². The number of halogens is 1. The maximum absolute atomic E-state index is 13.4. The number of nitrogens with zero attached hydrogens (tertiary/aromatic N) is 1. The van der Waals surface area contributed by atoms with E-state index in [4.69, 9.17) is 15.1 Å². The maximum Gasteiger partial charge on any atom is 0.172 e. The van der Waals surface area contributed by atoms with Crippen LogP contribution in [0.5, 0.6) is 5.75 Å². The van der Waals surface area contributed by atoms with Crippen LogP contribution < -0.4 is 4.74 Å². The van der Waals surface area contributed by atoms with Crippen LogP contribution in [0.2, 0.25) is 0 Å². The molecule has 80 valence electrons. The Balaban J connectivity index is 3.04. The highest BCUT2D eigenvalue weighted by Gasteiger charge is 2.10. The maximum atomic E-state index is 13.4. The van der Waals surface area contributed by atoms with Crippen molar-refractivity contribution < 1.29 is 14.2 Å². The predicted molar refractivity (Wildman–Crippen MR) is 53.1 cm³/mol. The monoisotopic (exact) mass is 209 g/mol. The van der Waals surface area contributed by atoms with E-state index in [9.17, 15) is 4.39 Å². The molecule has 0 aliphatic heterocycles. The Morgan fingerprint density at radius 1 is 1.53 bits per heavy atom. The van der Waals surface area contributed by atoms with Crippen molar-refractivity contribution in [2.24, 2.45) is 0 Å². The van der Waals surface area contributed by atoms with Gasteiger partial charge in [0.15, 0.2) is 11.6 Å². The van der Waals surface area contributed by atoms with Crippen LogP contribution >= 0.6 is 0 Å². The molecule has 0 atom stereocenters. The Hall–Kier alpha value is -1.60. The first-order valence-corrected chi connectivity index (χ1v) is 4.60. The van der Waals surface area contributed by atoms with Crippen molar-refractivity contribution in [2.75, 3.05) is 13.7 Å². The smallest absolute Gasteiger partial charge is 0.172 e. The van der Waals surface area contributed by atoms with Gasteiger partial charge in [-0.2, -0.15) is 5.26 Å². The van der Waals surface area contributed by atoms with Gasteiger partial charge in [0.2, 0.25) is 0 Å². The molecule has 15 heavy (non-hydrogen) atoms. The minimum atomic E-state index is -0.538. The first kappa shape index (κ1) is 11.5. The van der Waals surface area contributed by atoms with Gasteiger partial charge in [0.25, 0.3) is 0 Å². The lowest BCUT2D eigenvalue weighted by molar-refractivity contribution is 0.288. The Morgan fingerprint density at radius 3 is 2.80 bits per heavy atom. The summed E-state index contributed by atoms with van der Waals surface area (Å²) in [5.41, 5.74) is 0.879. The second-order valence-corrected chi connectivity index (χ2v) is 3.10. The molecule has 4 heteroatoms. The fourth-order valence-electron chi connectivity index (χ4n) is 1.37. The van der Waals surface area contributed by atoms with Gasteiger partial charge in [0.1, 0.15) is 6.07 Å². The molecule has 0 amide bonds. The Labute approximate surface area is 87.7 Å². The van der Waals surface area contributed by atoms with Crippen LogP contribution in [0.1, 0.15) is 17.5 Å². The average Bonchev–Trinajstić information content (AvgIpc) is 2.25. The number of nitriles is 1. The number of ether oxygens (including phenoxy) is 1. The molecule has 1 rings (SSSR count). The van der Waals surface area contributed by atoms with Crippen molar-refractivity contribution in [3.8, 4) is 11.8 Å². The van der Waals surface area contributed by atoms with Gasteiger partial charge in [-0.1, -0.05) is 0 Å². The Bertz CT molecular complexity index is 385. The van der Waals surface area contributed by atoms with Crippen LogP contribution in [0.3, 0.4) is 0 Å². The van der Waals surface area contributed by atoms with Gasteiger partial charge in [0.05, 0.1) is 12.7 Å². The number of aliphatic hydroxyl groups excluding tert-OH is 1. The molecule has 0 heterocycles. The third-order valence-electron chi connectivity index (χ3n) is 2.05. The zero-order valence-corrected chi connectivity index (χ0v) is 8.46. The first-order valence-electron chi connectivity index (χ1n) is 4.60. The van der Waals surface area contributed by atoms with E-state index in [1.807, 2.05) is 6.07 Å². The number of hydrogen-bond donors (Lipinski definition) is 1. The summed E-state index contributed by atoms with van der Waals surface area (Å²) in [5.74, 6) is -0.560. The summed E-state index contributed by atoms with van der Waals surface area (Å²) in [5, 5.41) is 17.4. The molecule has 3 nitrogen and oxygen atoms in total. The zero-order chi connectivity index (χ0) is 11.3. The van der Waals surface area contributed by atoms with Crippen molar-refractivity contribution in [2.45, 2.75) is 12.8 Å². The molecule has 0 aliphatic rings. The molecule has 0 aliphatic carbocycles. The largest absolute Gasteiger partial charge is 0.492 e. The molecular formula is C11H12FNO2. The second-order valence-electron chi connectivity index (χ2n) is 3.10. The first-order chi connectivity index (χ1) is 7.22. The van der Waals surface area contributed by atoms with Gasteiger partial charge in [-0.25, -0.2) is 4.39 Å². The van der Waals surface area contributed by atoms with E-state index in [1.165, 1.54) is 13.2 Å². The Morgan fingerprint density at radius 2 is 2.27 bits per heavy atom. The van der Waals surface area contributed by atoms with Gasteiger partial charge in [-0.3, -0.25) is 0 Å². The highest BCUT2D eigenvalue weighted by atomic mass is 19.1. The van der Waals surface area contributed by atoms with Crippen molar-refractivity contribution in [1.82, 2.24) is 0 Å². The molecule has 0 unspecified atom stereocenters. The van der Waals surface area contributed by atoms with Crippen LogP contribution in [0, 0.1) is 17.1 Å². The second kappa shape index (κ2) is 5.32. The quantitative estimate of drug-likeness (QED) is 0.820. The topological polar surface area (TPSA) is 53.2 Å². The summed E-state index contributed by atoms with van der Waals surface area (Å²) < 4.78 is 18.2. The molecule has 1 aromatic rings. The summed E-state index contributed by atoms with van der Waals surface area (Å²) in [6.07, 6.45) is 1.10. The van der Waals surface area contributed by atoms with Crippen molar-refractivity contribution in [1.29, 1.82) is 5.26 Å². The fraction of sp³-hybridized carbons (Fsp3) is 0.364. The molecule has 0 saturated heterocycles. The molecule has 0 saturated carbocycles. The van der Waals surface area contributed by atoms with E-state index >= 15 is 0 Å². The zero-order valence-electron chi connectivity index (χ0n) is 8.46. The number of rotatable bonds is 4. The summed E-state index contributed by atoms with van der Waals surface area (Å²) in [7, 11) is 1.33. The summed E-state index contributed by atoms with van der Waals surface area (Å²) in [4.78, 5) is 0. The molecule has 1 aromatic carbocycles. The molecule has 0 spiro atoms. The average molecular weight is 209 g/mol. The molecular weight excluding hydrogens is 197 g/mol. The van der Waals surface area contributed by atoms with Crippen molar-refractivity contribution in [3.63, 3.8) is 0 Å². The van der Waals surface area contributed by atoms with Crippen molar-refractivity contribution >= 4 is 0 Å². The van der Waals surface area contributed by atoms with Gasteiger partial charge in [-0.05, 0) is 30.5 Å². The number of hydrogen-bond acceptors (Lipinski definition) is 3. The molecule has 0 aromatic heterocycles. The third kappa shape index (κ3) is 2.67. The summed E-state index contributed by atoms with van der Waals surface area (Å²) in [6, 6.07) is 4.79. The van der Waals surface area contributed by atoms with Crippen LogP contribution in [0.15, 0.2) is 12.1 Å². The lowest BCUT2D eigenvalue weighted by atomic mass is 10.1. The number of benzene rings is 1. The highest BCUT2D eigenvalue weighted by molar-refractivity contribution is 5.46. The Kier molecular flexibility index (Phi) is 4.07. The van der Waals surface area contributed by atoms with Gasteiger partial charge in [-0.15, -0.1) is 0 Å². The fourth-order valence-corrected chi connectivity index (χ4v) is 1.37. The van der Waals surface area contributed by atoms with E-state index in [0.717, 1.165) is 0 Å². The number of methoxy groups -OCH3 is 1. The lowest BCUT2D eigenvalue weighted by Gasteiger charge is -2.06. The third-order valence-corrected chi connectivity index (χ3v) is 2.05. The van der Waals surface area contributed by atoms with Gasteiger partial charge >= 0.3 is 0 Å². The normalized spacial score (nSPS) is 9.73. The number of aliphatic hydroxyl groups is 1. The summed E-state index contributed by atoms with van der Waals surface area (Å²) in [6.45, 7) is 0.0511. The van der Waals surface area contributed by atoms with Gasteiger partial charge in [0, 0.05) is 6.61 Å². The summed E-state index contributed by atoms with van der Waals surface area (Å²) >= 11 is 0. The van der Waals surface area contributed by atoms with E-state index < -0.39 is 5.82 Å². The van der Waals surface area contributed by atoms with E-state index in [1.54, 1.807) is 6.07 Å². The molecule has 1 N–H and O–H groups in total. The minimum absolute atomic E-state index is 0.0229. The lowest BCUT2D eigenvalue weighted by Crippen LogP contribution is -1.97. The molecule has 0 fully saturated rings. The van der Waals surface area contributed by atoms with Crippen molar-refractivity contribution in [3.05, 3.63) is 29.1 Å². The minimum Gasteiger partial charge on any atom is -0.492 e. The number of aryl methyl sites for hydroxylation is 1. The van der Waals surface area contributed by atoms with Crippen LogP contribution in [-0.2, 0) is 6.42 Å². The van der Waals surface area contributed by atoms with Crippen LogP contribution in [0.25, 0.3) is 0 Å². The standard InChI is InChI=1S/C11H12FNO2/c1-15-11-9(7-13)5-8(3-2-4-14)6-10(11)12/h5-6,14H,2-4H2,1H3. The molecule has 0 bridgehead atoms. The SMILES string of the molecule is COc1c(F)cc(CCCO)cc1C#N. The highest BCUT2D eigenvalue weighted by Crippen LogP contribution is 2.24. The molecule has 0 radical (unpaired) electrons. The van der Waals surface area contributed by atoms with Crippen LogP contribution in [-0.4, -0.2) is 18.8 Å². The van der Waals surface area contributed by atoms with E-state index in [2.05, 4.69) is 0 Å². The predicted octanol–water partition coefficient (Wildman–Crippen LogP) is 1.63.